The second-order valence-electron chi connectivity index (χ2n) is 3.16. The highest BCUT2D eigenvalue weighted by molar-refractivity contribution is 6.36. The summed E-state index contributed by atoms with van der Waals surface area (Å²) >= 11 is 23.2. The highest BCUT2D eigenvalue weighted by Gasteiger charge is 2.24. The van der Waals surface area contributed by atoms with Crippen molar-refractivity contribution in [3.05, 3.63) is 28.2 Å². The highest BCUT2D eigenvalue weighted by atomic mass is 35.5. The van der Waals surface area contributed by atoms with E-state index in [1.165, 1.54) is 12.1 Å². The number of amides is 1. The Labute approximate surface area is 119 Å². The monoisotopic (exact) mass is 315 g/mol. The van der Waals surface area contributed by atoms with Gasteiger partial charge in [-0.25, -0.2) is 4.79 Å². The first-order valence-corrected chi connectivity index (χ1v) is 6.37. The average molecular weight is 317 g/mol. The molecule has 3 nitrogen and oxygen atoms in total. The molecule has 1 aromatic carbocycles. The summed E-state index contributed by atoms with van der Waals surface area (Å²) in [4.78, 5) is 12.1. The molecule has 0 heterocycles. The molecule has 0 aliphatic rings. The molecule has 0 spiro atoms. The van der Waals surface area contributed by atoms with Gasteiger partial charge in [-0.05, 0) is 24.6 Å². The molecule has 0 saturated carbocycles. The number of halogens is 4. The van der Waals surface area contributed by atoms with Crippen LogP contribution in [0.1, 0.15) is 6.42 Å². The molecule has 0 aromatic heterocycles. The van der Waals surface area contributed by atoms with E-state index in [0.717, 1.165) is 4.90 Å². The Morgan fingerprint density at radius 2 is 2.06 bits per heavy atom. The molecule has 0 fully saturated rings. The number of carboxylic acid groups (broad SMARTS) is 1. The molecule has 0 aliphatic carbocycles. The summed E-state index contributed by atoms with van der Waals surface area (Å²) in [6.45, 7) is 0. The van der Waals surface area contributed by atoms with Crippen molar-refractivity contribution in [1.29, 1.82) is 0 Å². The first-order chi connectivity index (χ1) is 7.97. The maximum atomic E-state index is 11.2. The normalized spacial score (nSPS) is 12.2. The third-order valence-corrected chi connectivity index (χ3v) is 3.19. The van der Waals surface area contributed by atoms with Crippen molar-refractivity contribution < 1.29 is 9.90 Å². The number of hydrogen-bond donors (Lipinski definition) is 1. The third kappa shape index (κ3) is 3.81. The van der Waals surface area contributed by atoms with Crippen LogP contribution in [-0.4, -0.2) is 22.6 Å². The Morgan fingerprint density at radius 3 is 2.59 bits per heavy atom. The van der Waals surface area contributed by atoms with Crippen molar-refractivity contribution >= 4 is 58.2 Å². The molecule has 1 atom stereocenters. The van der Waals surface area contributed by atoms with Gasteiger partial charge in [-0.3, -0.25) is 4.90 Å². The average Bonchev–Trinajstić information content (AvgIpc) is 2.23. The summed E-state index contributed by atoms with van der Waals surface area (Å²) in [5.41, 5.74) is -0.544. The van der Waals surface area contributed by atoms with Crippen molar-refractivity contribution in [3.63, 3.8) is 0 Å². The molecule has 0 aliphatic heterocycles. The molecule has 0 saturated heterocycles. The van der Waals surface area contributed by atoms with Gasteiger partial charge in [0.1, 0.15) is 5.50 Å². The van der Waals surface area contributed by atoms with Crippen LogP contribution in [0.15, 0.2) is 18.2 Å². The number of anilines is 1. The fourth-order valence-electron chi connectivity index (χ4n) is 1.26. The van der Waals surface area contributed by atoms with E-state index < -0.39 is 11.6 Å². The van der Waals surface area contributed by atoms with Crippen LogP contribution >= 0.6 is 46.4 Å². The van der Waals surface area contributed by atoms with Gasteiger partial charge >= 0.3 is 6.09 Å². The van der Waals surface area contributed by atoms with Gasteiger partial charge in [0.15, 0.2) is 0 Å². The number of hydrogen-bond acceptors (Lipinski definition) is 1. The van der Waals surface area contributed by atoms with Crippen LogP contribution in [0.4, 0.5) is 10.5 Å². The summed E-state index contributed by atoms with van der Waals surface area (Å²) in [6.07, 6.45) is -0.905. The quantitative estimate of drug-likeness (QED) is 0.647. The standard InChI is InChI=1S/C10H9Cl4NO2/c11-4-3-9(14)15(10(16)17)8-5-6(12)1-2-7(8)13/h1-2,5,9H,3-4H2,(H,16,17). The minimum atomic E-state index is -1.21. The van der Waals surface area contributed by atoms with Crippen molar-refractivity contribution in [3.8, 4) is 0 Å². The Balaban J connectivity index is 3.13. The van der Waals surface area contributed by atoms with Gasteiger partial charge in [-0.15, -0.1) is 11.6 Å². The second kappa shape index (κ2) is 6.55. The van der Waals surface area contributed by atoms with Gasteiger partial charge in [-0.1, -0.05) is 34.8 Å². The molecule has 1 rings (SSSR count). The zero-order chi connectivity index (χ0) is 13.0. The number of nitrogens with zero attached hydrogens (tertiary/aromatic N) is 1. The topological polar surface area (TPSA) is 40.5 Å². The van der Waals surface area contributed by atoms with Gasteiger partial charge < -0.3 is 5.11 Å². The first-order valence-electron chi connectivity index (χ1n) is 4.64. The van der Waals surface area contributed by atoms with Crippen molar-refractivity contribution in [2.24, 2.45) is 0 Å². The Bertz CT molecular complexity index is 413. The summed E-state index contributed by atoms with van der Waals surface area (Å²) in [6, 6.07) is 4.53. The Hall–Kier alpha value is -0.350. The van der Waals surface area contributed by atoms with E-state index in [2.05, 4.69) is 0 Å². The Morgan fingerprint density at radius 1 is 1.41 bits per heavy atom. The maximum absolute atomic E-state index is 11.2. The molecule has 1 aromatic rings. The first kappa shape index (κ1) is 14.7. The molecule has 1 amide bonds. The van der Waals surface area contributed by atoms with Gasteiger partial charge in [-0.2, -0.15) is 0 Å². The molecular weight excluding hydrogens is 308 g/mol. The lowest BCUT2D eigenvalue weighted by Gasteiger charge is -2.25. The molecule has 7 heteroatoms. The van der Waals surface area contributed by atoms with Gasteiger partial charge in [0, 0.05) is 10.9 Å². The van der Waals surface area contributed by atoms with Crippen molar-refractivity contribution in [2.75, 3.05) is 10.8 Å². The minimum absolute atomic E-state index is 0.246. The molecule has 0 bridgehead atoms. The largest absolute Gasteiger partial charge is 0.465 e. The van der Waals surface area contributed by atoms with E-state index in [1.54, 1.807) is 6.07 Å². The molecular formula is C10H9Cl4NO2. The van der Waals surface area contributed by atoms with Gasteiger partial charge in [0.25, 0.3) is 0 Å². The van der Waals surface area contributed by atoms with Gasteiger partial charge in [0.2, 0.25) is 0 Å². The van der Waals surface area contributed by atoms with Crippen LogP contribution in [-0.2, 0) is 0 Å². The predicted octanol–water partition coefficient (Wildman–Crippen LogP) is 4.67. The van der Waals surface area contributed by atoms with E-state index >= 15 is 0 Å². The molecule has 94 valence electrons. The van der Waals surface area contributed by atoms with Crippen molar-refractivity contribution in [1.82, 2.24) is 0 Å². The summed E-state index contributed by atoms with van der Waals surface area (Å²) in [5.74, 6) is 0.246. The SMILES string of the molecule is O=C(O)N(c1cc(Cl)ccc1Cl)C(Cl)CCCl. The van der Waals surface area contributed by atoms with E-state index in [0.29, 0.717) is 11.4 Å². The zero-order valence-corrected chi connectivity index (χ0v) is 11.6. The van der Waals surface area contributed by atoms with Crippen LogP contribution in [0, 0.1) is 0 Å². The molecule has 0 radical (unpaired) electrons. The number of carbonyl (C=O) groups is 1. The third-order valence-electron chi connectivity index (χ3n) is 2.00. The van der Waals surface area contributed by atoms with Crippen LogP contribution in [0.5, 0.6) is 0 Å². The fraction of sp³-hybridized carbons (Fsp3) is 0.300. The molecule has 17 heavy (non-hydrogen) atoms. The fourth-order valence-corrected chi connectivity index (χ4v) is 2.25. The molecule has 1 N–H and O–H groups in total. The highest BCUT2D eigenvalue weighted by Crippen LogP contribution is 2.32. The summed E-state index contributed by atoms with van der Waals surface area (Å²) in [7, 11) is 0. The maximum Gasteiger partial charge on any atom is 0.413 e. The van der Waals surface area contributed by atoms with E-state index in [9.17, 15) is 4.79 Å². The lowest BCUT2D eigenvalue weighted by Crippen LogP contribution is -2.36. The van der Waals surface area contributed by atoms with E-state index in [-0.39, 0.29) is 16.6 Å². The van der Waals surface area contributed by atoms with E-state index in [1.807, 2.05) is 0 Å². The van der Waals surface area contributed by atoms with Crippen molar-refractivity contribution in [2.45, 2.75) is 11.9 Å². The van der Waals surface area contributed by atoms with Crippen LogP contribution in [0.2, 0.25) is 10.0 Å². The van der Waals surface area contributed by atoms with Gasteiger partial charge in [0.05, 0.1) is 10.7 Å². The van der Waals surface area contributed by atoms with Crippen LogP contribution in [0.3, 0.4) is 0 Å². The summed E-state index contributed by atoms with van der Waals surface area (Å²) < 4.78 is 0. The lowest BCUT2D eigenvalue weighted by molar-refractivity contribution is 0.201. The summed E-state index contributed by atoms with van der Waals surface area (Å²) in [5, 5.41) is 9.78. The van der Waals surface area contributed by atoms with Crippen LogP contribution in [0.25, 0.3) is 0 Å². The number of rotatable bonds is 4. The lowest BCUT2D eigenvalue weighted by atomic mass is 10.2. The minimum Gasteiger partial charge on any atom is -0.465 e. The molecule has 1 unspecified atom stereocenters. The van der Waals surface area contributed by atoms with E-state index in [4.69, 9.17) is 51.5 Å². The Kier molecular flexibility index (Phi) is 5.67. The number of benzene rings is 1. The zero-order valence-electron chi connectivity index (χ0n) is 8.54. The van der Waals surface area contributed by atoms with Crippen LogP contribution < -0.4 is 4.90 Å². The number of alkyl halides is 2. The second-order valence-corrected chi connectivity index (χ2v) is 4.89. The smallest absolute Gasteiger partial charge is 0.413 e. The predicted molar refractivity (Wildman–Crippen MR) is 71.9 cm³/mol.